The molecular weight excluding hydrogens is 255 g/mol. The van der Waals surface area contributed by atoms with Crippen molar-refractivity contribution in [1.82, 2.24) is 0 Å². The summed E-state index contributed by atoms with van der Waals surface area (Å²) in [6.45, 7) is 2.04. The van der Waals surface area contributed by atoms with Crippen LogP contribution >= 0.6 is 48.0 Å². The van der Waals surface area contributed by atoms with Crippen LogP contribution in [-0.4, -0.2) is 71.0 Å². The minimum Gasteiger partial charge on any atom is -0.385 e. The summed E-state index contributed by atoms with van der Waals surface area (Å²) in [6, 6.07) is 0. The van der Waals surface area contributed by atoms with Crippen LogP contribution < -0.4 is 11.5 Å². The van der Waals surface area contributed by atoms with Gasteiger partial charge in [-0.25, -0.2) is 0 Å². The summed E-state index contributed by atoms with van der Waals surface area (Å²) >= 11 is 12.3. The topological polar surface area (TPSA) is 52.0 Å². The molecule has 0 aromatic rings. The van der Waals surface area contributed by atoms with Crippen LogP contribution in [0.1, 0.15) is 6.92 Å². The van der Waals surface area contributed by atoms with E-state index in [9.17, 15) is 0 Å². The van der Waals surface area contributed by atoms with Gasteiger partial charge in [-0.3, -0.25) is 0 Å². The van der Waals surface area contributed by atoms with Crippen molar-refractivity contribution in [1.29, 1.82) is 0 Å². The van der Waals surface area contributed by atoms with E-state index in [1.165, 1.54) is 23.5 Å². The Morgan fingerprint density at radius 1 is 1.33 bits per heavy atom. The van der Waals surface area contributed by atoms with E-state index in [0.717, 1.165) is 5.75 Å². The molecule has 0 saturated heterocycles. The normalized spacial score (nSPS) is 11.4. The average molecular weight is 266 g/mol. The monoisotopic (exact) mass is 265 g/mol. The Labute approximate surface area is 135 Å². The number of thioether (sulfide) groups is 2. The van der Waals surface area contributed by atoms with Crippen LogP contribution in [0.15, 0.2) is 0 Å². The molecule has 0 bridgehead atoms. The van der Waals surface area contributed by atoms with Crippen molar-refractivity contribution in [3.8, 4) is 0 Å². The van der Waals surface area contributed by atoms with Crippen LogP contribution in [0.3, 0.4) is 0 Å². The van der Waals surface area contributed by atoms with E-state index in [0.29, 0.717) is 13.9 Å². The van der Waals surface area contributed by atoms with Crippen LogP contribution in [0.25, 0.3) is 0 Å². The molecule has 0 rings (SSSR count). The molecule has 1 unspecified atom stereocenters. The maximum atomic E-state index is 5.32. The number of hydrogen-bond acceptors (Lipinski definition) is 4. The van der Waals surface area contributed by atoms with Crippen molar-refractivity contribution in [2.24, 2.45) is 11.5 Å². The standard InChI is InChI=1S/C5H10N2S4.K/c1-3(11-5(7)9)2-10-4(6)8;/h3H,2H2,1H3,(H2,6,8)(H2,7,9);. The minimum absolute atomic E-state index is 0. The van der Waals surface area contributed by atoms with Crippen molar-refractivity contribution in [3.05, 3.63) is 0 Å². The summed E-state index contributed by atoms with van der Waals surface area (Å²) in [5.41, 5.74) is 10.6. The second-order valence-corrected chi connectivity index (χ2v) is 5.82. The quantitative estimate of drug-likeness (QED) is 0.585. The summed E-state index contributed by atoms with van der Waals surface area (Å²) in [7, 11) is 0. The molecule has 1 atom stereocenters. The summed E-state index contributed by atoms with van der Waals surface area (Å²) in [5, 5.41) is 0.374. The van der Waals surface area contributed by atoms with Gasteiger partial charge in [-0.1, -0.05) is 54.9 Å². The first-order valence-electron chi connectivity index (χ1n) is 2.90. The molecule has 0 aromatic heterocycles. The molecular formula is C5H10KN2S4. The molecule has 7 heteroatoms. The van der Waals surface area contributed by atoms with Gasteiger partial charge in [0.1, 0.15) is 8.64 Å². The average Bonchev–Trinajstić information content (AvgIpc) is 1.82. The van der Waals surface area contributed by atoms with E-state index >= 15 is 0 Å². The fraction of sp³-hybridized carbons (Fsp3) is 0.600. The van der Waals surface area contributed by atoms with Crippen LogP contribution in [0.5, 0.6) is 0 Å². The second kappa shape index (κ2) is 9.66. The molecule has 0 aliphatic rings. The Hall–Kier alpha value is 2.12. The second-order valence-electron chi connectivity index (χ2n) is 1.88. The summed E-state index contributed by atoms with van der Waals surface area (Å²) in [4.78, 5) is 0. The zero-order valence-corrected chi connectivity index (χ0v) is 13.5. The zero-order chi connectivity index (χ0) is 8.85. The van der Waals surface area contributed by atoms with E-state index in [1.807, 2.05) is 6.92 Å². The molecule has 1 radical (unpaired) electrons. The van der Waals surface area contributed by atoms with Gasteiger partial charge in [0.25, 0.3) is 0 Å². The predicted molar refractivity (Wildman–Crippen MR) is 68.8 cm³/mol. The molecule has 0 aliphatic carbocycles. The predicted octanol–water partition coefficient (Wildman–Crippen LogP) is 0.948. The smallest absolute Gasteiger partial charge is 0.131 e. The van der Waals surface area contributed by atoms with Crippen LogP contribution in [-0.2, 0) is 0 Å². The van der Waals surface area contributed by atoms with Gasteiger partial charge >= 0.3 is 0 Å². The Morgan fingerprint density at radius 3 is 2.17 bits per heavy atom. The summed E-state index contributed by atoms with van der Waals surface area (Å²) < 4.78 is 0.946. The Balaban J connectivity index is 0. The molecule has 12 heavy (non-hydrogen) atoms. The Bertz CT molecular complexity index is 164. The van der Waals surface area contributed by atoms with Crippen LogP contribution in [0.4, 0.5) is 0 Å². The number of nitrogens with two attached hydrogens (primary N) is 2. The number of rotatable bonds is 3. The molecule has 0 heterocycles. The molecule has 2 nitrogen and oxygen atoms in total. The molecule has 4 N–H and O–H groups in total. The van der Waals surface area contributed by atoms with Crippen molar-refractivity contribution >= 4 is 108 Å². The first-order chi connectivity index (χ1) is 5.02. The SMILES string of the molecule is CC(CSC(N)=S)SC(N)=S.[K]. The molecule has 0 aliphatic heterocycles. The van der Waals surface area contributed by atoms with Gasteiger partial charge in [-0.05, 0) is 0 Å². The minimum atomic E-state index is 0. The van der Waals surface area contributed by atoms with Gasteiger partial charge < -0.3 is 11.5 Å². The largest absolute Gasteiger partial charge is 0.385 e. The molecule has 0 saturated carbocycles. The van der Waals surface area contributed by atoms with Crippen molar-refractivity contribution < 1.29 is 0 Å². The maximum absolute atomic E-state index is 5.32. The Morgan fingerprint density at radius 2 is 1.83 bits per heavy atom. The van der Waals surface area contributed by atoms with Crippen molar-refractivity contribution in [3.63, 3.8) is 0 Å². The fourth-order valence-electron chi connectivity index (χ4n) is 0.432. The third-order valence-electron chi connectivity index (χ3n) is 0.778. The molecule has 65 valence electrons. The molecule has 0 aromatic carbocycles. The van der Waals surface area contributed by atoms with E-state index in [1.54, 1.807) is 0 Å². The first kappa shape index (κ1) is 16.5. The van der Waals surface area contributed by atoms with Crippen LogP contribution in [0.2, 0.25) is 0 Å². The zero-order valence-electron chi connectivity index (χ0n) is 7.07. The van der Waals surface area contributed by atoms with Crippen molar-refractivity contribution in [2.45, 2.75) is 12.2 Å². The summed E-state index contributed by atoms with van der Waals surface area (Å²) in [5.74, 6) is 0.858. The maximum Gasteiger partial charge on any atom is 0.131 e. The van der Waals surface area contributed by atoms with Gasteiger partial charge in [-0.2, -0.15) is 0 Å². The van der Waals surface area contributed by atoms with E-state index in [4.69, 9.17) is 35.9 Å². The molecule has 0 amide bonds. The first-order valence-corrected chi connectivity index (χ1v) is 5.59. The third-order valence-corrected chi connectivity index (χ3v) is 3.38. The van der Waals surface area contributed by atoms with Gasteiger partial charge in [0.2, 0.25) is 0 Å². The van der Waals surface area contributed by atoms with E-state index in [-0.39, 0.29) is 51.4 Å². The number of thiocarbonyl (C=S) groups is 2. The summed E-state index contributed by atoms with van der Waals surface area (Å²) in [6.07, 6.45) is 0. The Kier molecular flexibility index (Phi) is 13.3. The molecule has 0 spiro atoms. The number of hydrogen-bond donors (Lipinski definition) is 2. The van der Waals surface area contributed by atoms with Gasteiger partial charge in [-0.15, -0.1) is 0 Å². The van der Waals surface area contributed by atoms with E-state index in [2.05, 4.69) is 0 Å². The fourth-order valence-corrected chi connectivity index (χ4v) is 2.40. The van der Waals surface area contributed by atoms with Gasteiger partial charge in [0, 0.05) is 62.4 Å². The van der Waals surface area contributed by atoms with Gasteiger partial charge in [0.05, 0.1) is 0 Å². The van der Waals surface area contributed by atoms with Crippen LogP contribution in [0, 0.1) is 0 Å². The van der Waals surface area contributed by atoms with Gasteiger partial charge in [0.15, 0.2) is 0 Å². The molecule has 0 fully saturated rings. The van der Waals surface area contributed by atoms with E-state index < -0.39 is 0 Å². The van der Waals surface area contributed by atoms with Crippen molar-refractivity contribution in [2.75, 3.05) is 5.75 Å². The third kappa shape index (κ3) is 12.1.